The van der Waals surface area contributed by atoms with E-state index in [0.29, 0.717) is 24.0 Å². The molecule has 0 saturated carbocycles. The largest absolute Gasteiger partial charge is 0.456 e. The van der Waals surface area contributed by atoms with Crippen molar-refractivity contribution in [3.63, 3.8) is 0 Å². The van der Waals surface area contributed by atoms with Crippen molar-refractivity contribution in [2.24, 2.45) is 0 Å². The molecule has 1 saturated heterocycles. The van der Waals surface area contributed by atoms with Gasteiger partial charge in [0.15, 0.2) is 12.2 Å². The third-order valence-corrected chi connectivity index (χ3v) is 4.54. The van der Waals surface area contributed by atoms with Gasteiger partial charge in [-0.1, -0.05) is 0 Å². The van der Waals surface area contributed by atoms with Gasteiger partial charge in [0.2, 0.25) is 12.4 Å². The first-order chi connectivity index (χ1) is 14.4. The quantitative estimate of drug-likeness (QED) is 0.219. The minimum Gasteiger partial charge on any atom is -0.456 e. The number of quaternary nitrogens is 1. The van der Waals surface area contributed by atoms with Crippen LogP contribution in [0.4, 0.5) is 0 Å². The average Bonchev–Trinajstić information content (AvgIpc) is 2.60. The van der Waals surface area contributed by atoms with E-state index in [1.165, 1.54) is 6.92 Å². The number of carbonyl (C=O) groups is 4. The van der Waals surface area contributed by atoms with Crippen LogP contribution in [0.15, 0.2) is 0 Å². The monoisotopic (exact) mass is 442 g/mol. The maximum Gasteiger partial charge on any atom is 0.308 e. The molecule has 0 aromatic rings. The van der Waals surface area contributed by atoms with Gasteiger partial charge in [0, 0.05) is 27.2 Å². The molecule has 0 aromatic carbocycles. The van der Waals surface area contributed by atoms with Crippen LogP contribution in [0.5, 0.6) is 0 Å². The zero-order valence-corrected chi connectivity index (χ0v) is 18.9. The molecule has 0 spiro atoms. The summed E-state index contributed by atoms with van der Waals surface area (Å²) in [4.78, 5) is 47.2. The predicted molar refractivity (Wildman–Crippen MR) is 107 cm³/mol. The molecule has 10 nitrogen and oxygen atoms in total. The summed E-state index contributed by atoms with van der Waals surface area (Å²) in [6.45, 7) is 6.23. The first-order valence-corrected chi connectivity index (χ1v) is 9.98. The lowest BCUT2D eigenvalue weighted by Gasteiger charge is -2.42. The number of carbonyl (C=O) groups excluding carboxylic acids is 4. The van der Waals surface area contributed by atoms with E-state index in [1.807, 2.05) is 14.1 Å². The maximum atomic E-state index is 12.4. The zero-order valence-electron chi connectivity index (χ0n) is 18.9. The van der Waals surface area contributed by atoms with Gasteiger partial charge in [-0.25, -0.2) is 0 Å². The number of nitrogens with zero attached hydrogens (tertiary/aromatic N) is 1. The predicted octanol–water partition coefficient (Wildman–Crippen LogP) is 0.559. The standard InChI is InChI=1S/C21H32NO9/c1-8-11-22(6,7)12-9-10-17(26)31-21-20(30-16(5)25)19(29-15(4)24)18(13(2)27-21)28-14(3)23/h1,13,18-21H,9-12H2,2-7H3/q+1/t13-,18-,19+,20+,21?/m0/s1. The molecule has 31 heavy (non-hydrogen) atoms. The molecule has 1 heterocycles. The van der Waals surface area contributed by atoms with Crippen molar-refractivity contribution in [2.45, 2.75) is 71.2 Å². The first-order valence-electron chi connectivity index (χ1n) is 9.98. The molecule has 174 valence electrons. The topological polar surface area (TPSA) is 114 Å². The second-order valence-electron chi connectivity index (χ2n) is 8.05. The Morgan fingerprint density at radius 3 is 1.94 bits per heavy atom. The molecule has 0 amide bonds. The van der Waals surface area contributed by atoms with Crippen molar-refractivity contribution in [1.82, 2.24) is 0 Å². The van der Waals surface area contributed by atoms with Gasteiger partial charge in [0.05, 0.1) is 33.2 Å². The lowest BCUT2D eigenvalue weighted by molar-refractivity contribution is -0.883. The van der Waals surface area contributed by atoms with Gasteiger partial charge in [-0.05, 0) is 12.8 Å². The van der Waals surface area contributed by atoms with Gasteiger partial charge >= 0.3 is 23.9 Å². The normalized spacial score (nSPS) is 25.6. The maximum absolute atomic E-state index is 12.4. The van der Waals surface area contributed by atoms with Crippen LogP contribution in [0.1, 0.15) is 40.5 Å². The number of hydrogen-bond acceptors (Lipinski definition) is 9. The van der Waals surface area contributed by atoms with Crippen LogP contribution in [0.25, 0.3) is 0 Å². The van der Waals surface area contributed by atoms with Crippen LogP contribution in [0.3, 0.4) is 0 Å². The molecule has 0 radical (unpaired) electrons. The fraction of sp³-hybridized carbons (Fsp3) is 0.714. The SMILES string of the molecule is C#CC[N+](C)(C)CCCC(=O)OC1O[C@@H](C)[C@H](OC(C)=O)[C@@H](OC(C)=O)[C@H]1OC(C)=O. The molecular weight excluding hydrogens is 410 g/mol. The molecule has 0 aliphatic carbocycles. The fourth-order valence-corrected chi connectivity index (χ4v) is 3.23. The van der Waals surface area contributed by atoms with E-state index in [-0.39, 0.29) is 6.42 Å². The Labute approximate surface area is 182 Å². The highest BCUT2D eigenvalue weighted by Crippen LogP contribution is 2.29. The Hall–Kier alpha value is -2.64. The summed E-state index contributed by atoms with van der Waals surface area (Å²) in [6, 6.07) is 0. The summed E-state index contributed by atoms with van der Waals surface area (Å²) in [7, 11) is 3.90. The Balaban J connectivity index is 2.94. The smallest absolute Gasteiger partial charge is 0.308 e. The lowest BCUT2D eigenvalue weighted by atomic mass is 9.99. The van der Waals surface area contributed by atoms with E-state index in [2.05, 4.69) is 5.92 Å². The number of esters is 4. The first kappa shape index (κ1) is 26.4. The second-order valence-corrected chi connectivity index (χ2v) is 8.05. The molecule has 1 unspecified atom stereocenters. The molecule has 0 aromatic heterocycles. The summed E-state index contributed by atoms with van der Waals surface area (Å²) in [5, 5.41) is 0. The third-order valence-electron chi connectivity index (χ3n) is 4.54. The van der Waals surface area contributed by atoms with Crippen molar-refractivity contribution < 1.29 is 47.3 Å². The van der Waals surface area contributed by atoms with Crippen LogP contribution >= 0.6 is 0 Å². The molecule has 1 fully saturated rings. The summed E-state index contributed by atoms with van der Waals surface area (Å²) in [6.07, 6.45) is 0.230. The van der Waals surface area contributed by atoms with Crippen LogP contribution in [0.2, 0.25) is 0 Å². The second kappa shape index (κ2) is 11.7. The van der Waals surface area contributed by atoms with Crippen molar-refractivity contribution in [3.8, 4) is 12.3 Å². The molecule has 10 heteroatoms. The molecular formula is C21H32NO9+. The lowest BCUT2D eigenvalue weighted by Crippen LogP contribution is -2.61. The van der Waals surface area contributed by atoms with Crippen LogP contribution < -0.4 is 0 Å². The zero-order chi connectivity index (χ0) is 23.8. The number of hydrogen-bond donors (Lipinski definition) is 0. The summed E-state index contributed by atoms with van der Waals surface area (Å²) in [5.74, 6) is -0.0286. The van der Waals surface area contributed by atoms with Gasteiger partial charge in [0.1, 0.15) is 6.54 Å². The molecule has 1 rings (SSSR count). The van der Waals surface area contributed by atoms with Crippen molar-refractivity contribution >= 4 is 23.9 Å². The Morgan fingerprint density at radius 2 is 1.42 bits per heavy atom. The van der Waals surface area contributed by atoms with Gasteiger partial charge in [-0.15, -0.1) is 6.42 Å². The minimum absolute atomic E-state index is 0.0822. The molecule has 1 aliphatic heterocycles. The Bertz CT molecular complexity index is 712. The van der Waals surface area contributed by atoms with E-state index >= 15 is 0 Å². The highest BCUT2D eigenvalue weighted by Gasteiger charge is 2.52. The Kier molecular flexibility index (Phi) is 9.94. The van der Waals surface area contributed by atoms with Gasteiger partial charge in [0.25, 0.3) is 0 Å². The van der Waals surface area contributed by atoms with Crippen molar-refractivity contribution in [2.75, 3.05) is 27.2 Å². The van der Waals surface area contributed by atoms with E-state index in [1.54, 1.807) is 6.92 Å². The summed E-state index contributed by atoms with van der Waals surface area (Å²) < 4.78 is 27.3. The highest BCUT2D eigenvalue weighted by atomic mass is 16.7. The van der Waals surface area contributed by atoms with Gasteiger partial charge in [-0.3, -0.25) is 19.2 Å². The minimum atomic E-state index is -1.34. The average molecular weight is 442 g/mol. The van der Waals surface area contributed by atoms with Gasteiger partial charge < -0.3 is 28.2 Å². The number of rotatable bonds is 9. The van der Waals surface area contributed by atoms with E-state index < -0.39 is 54.6 Å². The van der Waals surface area contributed by atoms with Crippen molar-refractivity contribution in [1.29, 1.82) is 0 Å². The third kappa shape index (κ3) is 8.94. The van der Waals surface area contributed by atoms with E-state index in [4.69, 9.17) is 30.1 Å². The Morgan fingerprint density at radius 1 is 0.903 bits per heavy atom. The number of ether oxygens (including phenoxy) is 5. The number of terminal acetylenes is 1. The molecule has 0 bridgehead atoms. The van der Waals surface area contributed by atoms with Crippen molar-refractivity contribution in [3.05, 3.63) is 0 Å². The van der Waals surface area contributed by atoms with Crippen LogP contribution in [-0.4, -0.2) is 86.3 Å². The van der Waals surface area contributed by atoms with Crippen LogP contribution in [0, 0.1) is 12.3 Å². The van der Waals surface area contributed by atoms with Gasteiger partial charge in [-0.2, -0.15) is 0 Å². The fourth-order valence-electron chi connectivity index (χ4n) is 3.23. The molecule has 5 atom stereocenters. The highest BCUT2D eigenvalue weighted by molar-refractivity contribution is 5.70. The molecule has 0 N–H and O–H groups in total. The van der Waals surface area contributed by atoms with E-state index in [0.717, 1.165) is 13.8 Å². The summed E-state index contributed by atoms with van der Waals surface area (Å²) in [5.41, 5.74) is 0. The molecule has 1 aliphatic rings. The summed E-state index contributed by atoms with van der Waals surface area (Å²) >= 11 is 0. The van der Waals surface area contributed by atoms with E-state index in [9.17, 15) is 19.2 Å². The van der Waals surface area contributed by atoms with Crippen LogP contribution in [-0.2, 0) is 42.9 Å².